The van der Waals surface area contributed by atoms with Gasteiger partial charge in [0.2, 0.25) is 0 Å². The van der Waals surface area contributed by atoms with Crippen LogP contribution in [0.1, 0.15) is 45.7 Å². The number of amides is 2. The molecular weight excluding hydrogens is 558 g/mol. The van der Waals surface area contributed by atoms with Gasteiger partial charge in [0.05, 0.1) is 18.8 Å². The summed E-state index contributed by atoms with van der Waals surface area (Å²) in [6.45, 7) is 7.62. The number of hydrogen-bond donors (Lipinski definition) is 3. The molecule has 3 heterocycles. The second-order valence-corrected chi connectivity index (χ2v) is 11.2. The first kappa shape index (κ1) is 29.0. The molecule has 3 aromatic carbocycles. The van der Waals surface area contributed by atoms with Gasteiger partial charge in [-0.1, -0.05) is 18.2 Å². The van der Waals surface area contributed by atoms with Crippen LogP contribution in [0, 0.1) is 6.92 Å². The average molecular weight is 592 g/mol. The van der Waals surface area contributed by atoms with Gasteiger partial charge in [0.15, 0.2) is 17.3 Å². The summed E-state index contributed by atoms with van der Waals surface area (Å²) in [4.78, 5) is 36.9. The molecule has 2 amide bonds. The Balaban J connectivity index is 1.24. The van der Waals surface area contributed by atoms with Crippen LogP contribution in [-0.2, 0) is 10.3 Å². The third-order valence-corrected chi connectivity index (χ3v) is 7.54. The zero-order valence-electron chi connectivity index (χ0n) is 24.7. The fourth-order valence-corrected chi connectivity index (χ4v) is 4.98. The molecule has 3 N–H and O–H groups in total. The molecule has 1 fully saturated rings. The van der Waals surface area contributed by atoms with Crippen LogP contribution < -0.4 is 10.6 Å². The fraction of sp³-hybridized carbons (Fsp3) is 0.242. The zero-order chi connectivity index (χ0) is 30.8. The van der Waals surface area contributed by atoms with Crippen molar-refractivity contribution in [2.24, 2.45) is 0 Å². The fourth-order valence-electron chi connectivity index (χ4n) is 4.98. The lowest BCUT2D eigenvalue weighted by Gasteiger charge is -2.26. The average Bonchev–Trinajstić information content (AvgIpc) is 3.51. The van der Waals surface area contributed by atoms with E-state index in [4.69, 9.17) is 9.72 Å². The summed E-state index contributed by atoms with van der Waals surface area (Å²) in [5.41, 5.74) is 4.35. The number of carbonyl (C=O) groups is 2. The smallest absolute Gasteiger partial charge is 0.255 e. The van der Waals surface area contributed by atoms with Crippen LogP contribution >= 0.6 is 0 Å². The molecule has 1 aliphatic rings. The van der Waals surface area contributed by atoms with E-state index in [0.717, 1.165) is 22.4 Å². The minimum Gasteiger partial charge on any atom is -0.386 e. The van der Waals surface area contributed by atoms with Crippen molar-refractivity contribution >= 4 is 34.7 Å². The van der Waals surface area contributed by atoms with Crippen LogP contribution in [0.5, 0.6) is 0 Å². The SMILES string of the molecule is Cc1ccc(NC(=O)c2ccc(C(C)(C)O)cc2)cc1-c1nc(Nc2ccc(C(=O)N3CCOCC3)cc2)c2nccn2n1. The number of rotatable bonds is 7. The number of imidazole rings is 1. The number of nitrogens with one attached hydrogen (secondary N) is 2. The lowest BCUT2D eigenvalue weighted by molar-refractivity contribution is 0.0303. The highest BCUT2D eigenvalue weighted by Crippen LogP contribution is 2.28. The van der Waals surface area contributed by atoms with Crippen LogP contribution in [0.25, 0.3) is 17.0 Å². The Morgan fingerprint density at radius 3 is 2.32 bits per heavy atom. The molecule has 5 aromatic rings. The summed E-state index contributed by atoms with van der Waals surface area (Å²) in [5, 5.41) is 21.2. The maximum absolute atomic E-state index is 13.0. The lowest BCUT2D eigenvalue weighted by Crippen LogP contribution is -2.40. The summed E-state index contributed by atoms with van der Waals surface area (Å²) in [6, 6.07) is 19.7. The highest BCUT2D eigenvalue weighted by molar-refractivity contribution is 6.04. The number of aromatic nitrogens is 4. The van der Waals surface area contributed by atoms with Gasteiger partial charge in [0.1, 0.15) is 0 Å². The number of hydrogen-bond acceptors (Lipinski definition) is 8. The van der Waals surface area contributed by atoms with Crippen LogP contribution in [0.4, 0.5) is 17.2 Å². The molecule has 224 valence electrons. The molecule has 1 saturated heterocycles. The molecule has 11 nitrogen and oxygen atoms in total. The third-order valence-electron chi connectivity index (χ3n) is 7.54. The molecule has 2 aromatic heterocycles. The van der Waals surface area contributed by atoms with E-state index in [-0.39, 0.29) is 11.8 Å². The molecule has 0 saturated carbocycles. The second-order valence-electron chi connectivity index (χ2n) is 11.2. The molecule has 0 bridgehead atoms. The van der Waals surface area contributed by atoms with Crippen LogP contribution in [0.3, 0.4) is 0 Å². The van der Waals surface area contributed by atoms with Crippen molar-refractivity contribution in [1.82, 2.24) is 24.5 Å². The highest BCUT2D eigenvalue weighted by Gasteiger charge is 2.20. The number of anilines is 3. The van der Waals surface area contributed by atoms with E-state index < -0.39 is 5.60 Å². The Morgan fingerprint density at radius 2 is 1.61 bits per heavy atom. The van der Waals surface area contributed by atoms with Gasteiger partial charge in [-0.05, 0) is 80.4 Å². The number of benzene rings is 3. The lowest BCUT2D eigenvalue weighted by atomic mass is 9.97. The zero-order valence-corrected chi connectivity index (χ0v) is 24.7. The molecular formula is C33H33N7O4. The second kappa shape index (κ2) is 11.9. The number of ether oxygens (including phenoxy) is 1. The standard InChI is InChI=1S/C33H33N7O4/c1-21-4-11-26(36-31(41)22-5-9-24(10-6-22)33(2,3)43)20-27(21)28-37-29(30-34-14-15-40(30)38-28)35-25-12-7-23(8-13-25)32(42)39-16-18-44-19-17-39/h4-15,20,43H,16-19H2,1-3H3,(H,36,41)(H,35,37,38). The molecule has 11 heteroatoms. The Morgan fingerprint density at radius 1 is 0.932 bits per heavy atom. The van der Waals surface area contributed by atoms with E-state index in [2.05, 4.69) is 20.7 Å². The van der Waals surface area contributed by atoms with E-state index in [1.807, 2.05) is 37.3 Å². The number of aryl methyl sites for hydroxylation is 1. The van der Waals surface area contributed by atoms with Gasteiger partial charge in [0, 0.05) is 53.5 Å². The summed E-state index contributed by atoms with van der Waals surface area (Å²) < 4.78 is 7.00. The maximum atomic E-state index is 13.0. The summed E-state index contributed by atoms with van der Waals surface area (Å²) in [7, 11) is 0. The normalized spacial score (nSPS) is 13.6. The van der Waals surface area contributed by atoms with Gasteiger partial charge in [0.25, 0.3) is 11.8 Å². The van der Waals surface area contributed by atoms with Crippen LogP contribution in [0.15, 0.2) is 79.1 Å². The topological polar surface area (TPSA) is 134 Å². The van der Waals surface area contributed by atoms with Gasteiger partial charge < -0.3 is 25.4 Å². The Bertz CT molecular complexity index is 1820. The Labute approximate surface area is 254 Å². The van der Waals surface area contributed by atoms with Crippen molar-refractivity contribution in [3.05, 3.63) is 101 Å². The molecule has 0 spiro atoms. The van der Waals surface area contributed by atoms with E-state index in [1.54, 1.807) is 72.1 Å². The molecule has 0 atom stereocenters. The van der Waals surface area contributed by atoms with Gasteiger partial charge >= 0.3 is 0 Å². The first-order valence-electron chi connectivity index (χ1n) is 14.4. The van der Waals surface area contributed by atoms with Crippen molar-refractivity contribution in [1.29, 1.82) is 0 Å². The number of morpholine rings is 1. The molecule has 44 heavy (non-hydrogen) atoms. The van der Waals surface area contributed by atoms with E-state index >= 15 is 0 Å². The number of nitrogens with zero attached hydrogens (tertiary/aromatic N) is 5. The first-order valence-corrected chi connectivity index (χ1v) is 14.4. The van der Waals surface area contributed by atoms with E-state index in [1.165, 1.54) is 0 Å². The van der Waals surface area contributed by atoms with Crippen molar-refractivity contribution in [3.63, 3.8) is 0 Å². The molecule has 0 aliphatic carbocycles. The Hall–Kier alpha value is -5.13. The predicted octanol–water partition coefficient (Wildman–Crippen LogP) is 4.80. The minimum absolute atomic E-state index is 0.0200. The number of fused-ring (bicyclic) bond motifs is 1. The van der Waals surface area contributed by atoms with Crippen molar-refractivity contribution in [3.8, 4) is 11.4 Å². The first-order chi connectivity index (χ1) is 21.2. The summed E-state index contributed by atoms with van der Waals surface area (Å²) in [5.74, 6) is 0.646. The van der Waals surface area contributed by atoms with Crippen molar-refractivity contribution < 1.29 is 19.4 Å². The number of aliphatic hydroxyl groups is 1. The van der Waals surface area contributed by atoms with Crippen molar-refractivity contribution in [2.75, 3.05) is 36.9 Å². The molecule has 1 aliphatic heterocycles. The van der Waals surface area contributed by atoms with E-state index in [9.17, 15) is 14.7 Å². The maximum Gasteiger partial charge on any atom is 0.255 e. The Kier molecular flexibility index (Phi) is 7.81. The molecule has 0 unspecified atom stereocenters. The van der Waals surface area contributed by atoms with Crippen molar-refractivity contribution in [2.45, 2.75) is 26.4 Å². The summed E-state index contributed by atoms with van der Waals surface area (Å²) in [6.07, 6.45) is 3.39. The highest BCUT2D eigenvalue weighted by atomic mass is 16.5. The van der Waals surface area contributed by atoms with Gasteiger partial charge in [-0.15, -0.1) is 5.10 Å². The van der Waals surface area contributed by atoms with Gasteiger partial charge in [-0.3, -0.25) is 9.59 Å². The third kappa shape index (κ3) is 6.14. The number of carbonyl (C=O) groups excluding carboxylic acids is 2. The molecule has 6 rings (SSSR count). The monoisotopic (exact) mass is 591 g/mol. The largest absolute Gasteiger partial charge is 0.386 e. The predicted molar refractivity (Wildman–Crippen MR) is 167 cm³/mol. The van der Waals surface area contributed by atoms with Crippen LogP contribution in [-0.4, -0.2) is 67.7 Å². The quantitative estimate of drug-likeness (QED) is 0.246. The minimum atomic E-state index is -0.990. The van der Waals surface area contributed by atoms with Crippen LogP contribution in [0.2, 0.25) is 0 Å². The van der Waals surface area contributed by atoms with Gasteiger partial charge in [-0.2, -0.15) is 0 Å². The summed E-state index contributed by atoms with van der Waals surface area (Å²) >= 11 is 0. The molecule has 0 radical (unpaired) electrons. The van der Waals surface area contributed by atoms with E-state index in [0.29, 0.717) is 60.4 Å². The van der Waals surface area contributed by atoms with Gasteiger partial charge in [-0.25, -0.2) is 14.5 Å².